The molecule has 1 amide bonds. The van der Waals surface area contributed by atoms with Crippen LogP contribution in [0.25, 0.3) is 22.0 Å². The van der Waals surface area contributed by atoms with E-state index in [-0.39, 0.29) is 34.8 Å². The van der Waals surface area contributed by atoms with E-state index in [1.807, 2.05) is 13.8 Å². The maximum atomic E-state index is 14.5. The number of carbonyl (C=O) groups is 2. The third-order valence-electron chi connectivity index (χ3n) is 6.37. The van der Waals surface area contributed by atoms with Crippen LogP contribution >= 0.6 is 0 Å². The Bertz CT molecular complexity index is 1530. The fraction of sp³-hybridized carbons (Fsp3) is 0.267. The molecule has 0 aliphatic carbocycles. The molecule has 6 nitrogen and oxygen atoms in total. The number of fused-ring (bicyclic) bond motifs is 1. The van der Waals surface area contributed by atoms with Gasteiger partial charge >= 0.3 is 0 Å². The second-order valence-corrected chi connectivity index (χ2v) is 9.81. The second kappa shape index (κ2) is 11.5. The molecule has 0 unspecified atom stereocenters. The van der Waals surface area contributed by atoms with Crippen molar-refractivity contribution in [1.29, 1.82) is 0 Å². The van der Waals surface area contributed by atoms with Crippen molar-refractivity contribution in [3.63, 3.8) is 0 Å². The minimum atomic E-state index is -0.874. The Kier molecular flexibility index (Phi) is 8.10. The second-order valence-electron chi connectivity index (χ2n) is 9.81. The van der Waals surface area contributed by atoms with Gasteiger partial charge in [0.15, 0.2) is 0 Å². The van der Waals surface area contributed by atoms with E-state index in [0.717, 1.165) is 0 Å². The van der Waals surface area contributed by atoms with E-state index in [2.05, 4.69) is 10.3 Å². The fourth-order valence-electron chi connectivity index (χ4n) is 4.59. The number of amides is 1. The van der Waals surface area contributed by atoms with Crippen molar-refractivity contribution in [2.75, 3.05) is 0 Å². The molecule has 0 aliphatic rings. The number of aromatic nitrogens is 2. The summed E-state index contributed by atoms with van der Waals surface area (Å²) in [5.74, 6) is -1.99. The van der Waals surface area contributed by atoms with Crippen LogP contribution in [-0.4, -0.2) is 21.2 Å². The van der Waals surface area contributed by atoms with Gasteiger partial charge in [-0.15, -0.1) is 0 Å². The lowest BCUT2D eigenvalue weighted by Gasteiger charge is -2.25. The molecule has 0 aliphatic heterocycles. The minimum Gasteiger partial charge on any atom is -0.347 e. The van der Waals surface area contributed by atoms with Gasteiger partial charge in [-0.25, -0.2) is 13.8 Å². The predicted octanol–water partition coefficient (Wildman–Crippen LogP) is 5.77. The third-order valence-corrected chi connectivity index (χ3v) is 6.37. The van der Waals surface area contributed by atoms with Crippen LogP contribution in [0.1, 0.15) is 51.3 Å². The van der Waals surface area contributed by atoms with Crippen LogP contribution in [0, 0.1) is 17.6 Å². The van der Waals surface area contributed by atoms with Gasteiger partial charge in [0.05, 0.1) is 28.8 Å². The zero-order chi connectivity index (χ0) is 27.4. The molecule has 38 heavy (non-hydrogen) atoms. The van der Waals surface area contributed by atoms with Crippen molar-refractivity contribution >= 4 is 22.6 Å². The molecule has 4 rings (SSSR count). The number of carbonyl (C=O) groups excluding carboxylic acids is 2. The first-order chi connectivity index (χ1) is 18.2. The van der Waals surface area contributed by atoms with E-state index < -0.39 is 29.6 Å². The summed E-state index contributed by atoms with van der Waals surface area (Å²) in [5.41, 5.74) is 0.810. The minimum absolute atomic E-state index is 0.0335. The summed E-state index contributed by atoms with van der Waals surface area (Å²) in [5, 5.41) is 3.32. The summed E-state index contributed by atoms with van der Waals surface area (Å²) in [6, 6.07) is 15.4. The molecular formula is C30H29F2N3O3. The molecule has 8 heteroatoms. The van der Waals surface area contributed by atoms with Crippen LogP contribution in [0.5, 0.6) is 0 Å². The van der Waals surface area contributed by atoms with E-state index in [1.54, 1.807) is 48.5 Å². The van der Waals surface area contributed by atoms with Crippen LogP contribution < -0.4 is 10.9 Å². The van der Waals surface area contributed by atoms with Gasteiger partial charge in [-0.05, 0) is 60.7 Å². The Morgan fingerprint density at radius 3 is 2.34 bits per heavy atom. The Morgan fingerprint density at radius 2 is 1.66 bits per heavy atom. The normalized spacial score (nSPS) is 12.9. The lowest BCUT2D eigenvalue weighted by atomic mass is 9.95. The number of ketones is 1. The highest BCUT2D eigenvalue weighted by atomic mass is 19.1. The summed E-state index contributed by atoms with van der Waals surface area (Å²) in [6.45, 7) is 5.29. The van der Waals surface area contributed by atoms with Crippen molar-refractivity contribution < 1.29 is 18.4 Å². The first-order valence-electron chi connectivity index (χ1n) is 12.5. The molecule has 0 saturated carbocycles. The van der Waals surface area contributed by atoms with Crippen molar-refractivity contribution in [3.05, 3.63) is 101 Å². The highest BCUT2D eigenvalue weighted by Crippen LogP contribution is 2.30. The molecule has 4 aromatic rings. The van der Waals surface area contributed by atoms with Crippen LogP contribution in [0.15, 0.2) is 77.9 Å². The molecule has 196 valence electrons. The topological polar surface area (TPSA) is 81.1 Å². The van der Waals surface area contributed by atoms with E-state index in [9.17, 15) is 23.2 Å². The summed E-state index contributed by atoms with van der Waals surface area (Å²) in [7, 11) is 0. The van der Waals surface area contributed by atoms with Gasteiger partial charge in [-0.3, -0.25) is 19.0 Å². The lowest BCUT2D eigenvalue weighted by Crippen LogP contribution is -2.40. The van der Waals surface area contributed by atoms with Crippen LogP contribution in [-0.2, 0) is 9.59 Å². The number of halogens is 2. The molecule has 2 atom stereocenters. The smallest absolute Gasteiger partial charge is 0.261 e. The van der Waals surface area contributed by atoms with Crippen molar-refractivity contribution in [1.82, 2.24) is 14.9 Å². The van der Waals surface area contributed by atoms with Crippen LogP contribution in [0.4, 0.5) is 8.78 Å². The van der Waals surface area contributed by atoms with Crippen LogP contribution in [0.3, 0.4) is 0 Å². The average molecular weight is 518 g/mol. The first kappa shape index (κ1) is 26.9. The van der Waals surface area contributed by atoms with Gasteiger partial charge in [-0.2, -0.15) is 0 Å². The summed E-state index contributed by atoms with van der Waals surface area (Å²) >= 11 is 0. The number of Topliss-reactive ketones (excluding diaryl/α,β-unsaturated/α-hetero) is 1. The Labute approximate surface area is 219 Å². The highest BCUT2D eigenvalue weighted by molar-refractivity contribution is 5.83. The fourth-order valence-corrected chi connectivity index (χ4v) is 4.59. The zero-order valence-corrected chi connectivity index (χ0v) is 21.4. The maximum Gasteiger partial charge on any atom is 0.261 e. The molecule has 0 saturated heterocycles. The van der Waals surface area contributed by atoms with Gasteiger partial charge in [0, 0.05) is 6.42 Å². The Balaban J connectivity index is 1.71. The van der Waals surface area contributed by atoms with E-state index in [0.29, 0.717) is 22.9 Å². The third kappa shape index (κ3) is 5.85. The molecule has 1 aromatic heterocycles. The van der Waals surface area contributed by atoms with Crippen molar-refractivity contribution in [3.8, 4) is 11.1 Å². The molecule has 1 heterocycles. The molecule has 0 radical (unpaired) electrons. The van der Waals surface area contributed by atoms with Crippen molar-refractivity contribution in [2.24, 2.45) is 5.92 Å². The van der Waals surface area contributed by atoms with Gasteiger partial charge in [0.2, 0.25) is 5.91 Å². The van der Waals surface area contributed by atoms with Gasteiger partial charge in [-0.1, -0.05) is 50.2 Å². The van der Waals surface area contributed by atoms with Crippen LogP contribution in [0.2, 0.25) is 0 Å². The Morgan fingerprint density at radius 1 is 0.974 bits per heavy atom. The SMILES string of the molecule is CC(=O)C[C@H](NC(=O)[C@H](CC(C)C)n1cnc2ccccc2c1=O)c1cccc(-c2c(F)cccc2F)c1. The van der Waals surface area contributed by atoms with Gasteiger partial charge < -0.3 is 5.32 Å². The number of hydrogen-bond donors (Lipinski definition) is 1. The number of nitrogens with zero attached hydrogens (tertiary/aromatic N) is 2. The zero-order valence-electron chi connectivity index (χ0n) is 21.4. The molecule has 3 aromatic carbocycles. The van der Waals surface area contributed by atoms with Gasteiger partial charge in [0.25, 0.3) is 5.56 Å². The number of hydrogen-bond acceptors (Lipinski definition) is 4. The lowest BCUT2D eigenvalue weighted by molar-refractivity contribution is -0.126. The van der Waals surface area contributed by atoms with E-state index in [1.165, 1.54) is 36.0 Å². The summed E-state index contributed by atoms with van der Waals surface area (Å²) in [6.07, 6.45) is 1.70. The van der Waals surface area contributed by atoms with Crippen molar-refractivity contribution in [2.45, 2.75) is 45.7 Å². The molecule has 1 N–H and O–H groups in total. The van der Waals surface area contributed by atoms with E-state index in [4.69, 9.17) is 0 Å². The van der Waals surface area contributed by atoms with E-state index >= 15 is 0 Å². The summed E-state index contributed by atoms with van der Waals surface area (Å²) < 4.78 is 30.2. The number of benzene rings is 3. The number of rotatable bonds is 9. The monoisotopic (exact) mass is 517 g/mol. The number of nitrogens with one attached hydrogen (secondary N) is 1. The quantitative estimate of drug-likeness (QED) is 0.306. The summed E-state index contributed by atoms with van der Waals surface area (Å²) in [4.78, 5) is 43.5. The largest absolute Gasteiger partial charge is 0.347 e. The Hall–Kier alpha value is -4.20. The average Bonchev–Trinajstić information content (AvgIpc) is 2.87. The molecule has 0 spiro atoms. The van der Waals surface area contributed by atoms with Gasteiger partial charge in [0.1, 0.15) is 23.5 Å². The predicted molar refractivity (Wildman–Crippen MR) is 142 cm³/mol. The molecular weight excluding hydrogens is 488 g/mol. The molecule has 0 bridgehead atoms. The number of para-hydroxylation sites is 1. The molecule has 0 fully saturated rings. The highest BCUT2D eigenvalue weighted by Gasteiger charge is 2.27. The standard InChI is InChI=1S/C30H29F2N3O3/c1-18(2)14-27(35-17-33-25-13-5-4-10-22(25)30(35)38)29(37)34-26(15-19(3)36)20-8-6-9-21(16-20)28-23(31)11-7-12-24(28)32/h4-13,16-18,26-27H,14-15H2,1-3H3,(H,34,37)/t26-,27-/m0/s1. The first-order valence-corrected chi connectivity index (χ1v) is 12.5. The maximum absolute atomic E-state index is 14.5.